The number of benzene rings is 2. The molecule has 0 bridgehead atoms. The quantitative estimate of drug-likeness (QED) is 0.564. The minimum absolute atomic E-state index is 0. The zero-order chi connectivity index (χ0) is 18.8. The van der Waals surface area contributed by atoms with Gasteiger partial charge in [0.15, 0.2) is 0 Å². The summed E-state index contributed by atoms with van der Waals surface area (Å²) in [6, 6.07) is 17.0. The van der Waals surface area contributed by atoms with Gasteiger partial charge < -0.3 is 14.5 Å². The Balaban J connectivity index is 0.00000150. The average Bonchev–Trinajstić information content (AvgIpc) is 2.73. The molecule has 0 unspecified atom stereocenters. The molecule has 1 saturated heterocycles. The van der Waals surface area contributed by atoms with Crippen molar-refractivity contribution in [3.05, 3.63) is 54.1 Å². The van der Waals surface area contributed by atoms with Crippen LogP contribution < -0.4 is 9.64 Å². The first-order valence-corrected chi connectivity index (χ1v) is 9.71. The molecule has 3 aromatic rings. The standard InChI is InChI=1S/C23H27N3O.2ClH/c1-4-25-11-13-26(14-12-25)23-21-10-5-17(2)15-19(21)16-22(24-23)18-6-8-20(27-3)9-7-18;;/h5-10,15-16H,4,11-14H2,1-3H3;2*1H. The highest BCUT2D eigenvalue weighted by atomic mass is 35.5. The molecule has 1 fully saturated rings. The molecule has 2 aromatic carbocycles. The van der Waals surface area contributed by atoms with Gasteiger partial charge in [-0.3, -0.25) is 0 Å². The zero-order valence-electron chi connectivity index (χ0n) is 17.2. The lowest BCUT2D eigenvalue weighted by Crippen LogP contribution is -2.46. The van der Waals surface area contributed by atoms with Gasteiger partial charge in [-0.15, -0.1) is 24.8 Å². The second-order valence-electron chi connectivity index (χ2n) is 7.21. The Kier molecular flexibility index (Phi) is 8.14. The van der Waals surface area contributed by atoms with E-state index in [1.165, 1.54) is 16.3 Å². The molecule has 0 atom stereocenters. The summed E-state index contributed by atoms with van der Waals surface area (Å²) in [5, 5.41) is 2.49. The summed E-state index contributed by atoms with van der Waals surface area (Å²) in [6.07, 6.45) is 0. The van der Waals surface area contributed by atoms with E-state index in [4.69, 9.17) is 9.72 Å². The van der Waals surface area contributed by atoms with Crippen LogP contribution in [0.5, 0.6) is 5.75 Å². The first kappa shape index (κ1) is 23.3. The van der Waals surface area contributed by atoms with Gasteiger partial charge in [-0.25, -0.2) is 4.98 Å². The van der Waals surface area contributed by atoms with Crippen molar-refractivity contribution in [1.29, 1.82) is 0 Å². The Hall–Kier alpha value is -2.01. The Bertz CT molecular complexity index is 939. The topological polar surface area (TPSA) is 28.6 Å². The number of rotatable bonds is 4. The minimum atomic E-state index is 0. The van der Waals surface area contributed by atoms with Crippen molar-refractivity contribution in [3.63, 3.8) is 0 Å². The number of hydrogen-bond donors (Lipinski definition) is 0. The number of methoxy groups -OCH3 is 1. The highest BCUT2D eigenvalue weighted by molar-refractivity contribution is 5.95. The van der Waals surface area contributed by atoms with Gasteiger partial charge in [0.2, 0.25) is 0 Å². The number of aromatic nitrogens is 1. The van der Waals surface area contributed by atoms with E-state index < -0.39 is 0 Å². The van der Waals surface area contributed by atoms with Gasteiger partial charge in [0, 0.05) is 37.1 Å². The first-order valence-electron chi connectivity index (χ1n) is 9.71. The predicted molar refractivity (Wildman–Crippen MR) is 127 cm³/mol. The van der Waals surface area contributed by atoms with E-state index >= 15 is 0 Å². The number of piperazine rings is 1. The molecule has 0 amide bonds. The van der Waals surface area contributed by atoms with Crippen LogP contribution in [0.15, 0.2) is 48.5 Å². The number of fused-ring (bicyclic) bond motifs is 1. The molecular weight excluding hydrogens is 405 g/mol. The number of anilines is 1. The summed E-state index contributed by atoms with van der Waals surface area (Å²) >= 11 is 0. The van der Waals surface area contributed by atoms with E-state index in [0.717, 1.165) is 55.5 Å². The number of pyridine rings is 1. The highest BCUT2D eigenvalue weighted by Gasteiger charge is 2.20. The van der Waals surface area contributed by atoms with Crippen LogP contribution >= 0.6 is 24.8 Å². The molecule has 1 aliphatic rings. The minimum Gasteiger partial charge on any atom is -0.497 e. The average molecular weight is 434 g/mol. The maximum Gasteiger partial charge on any atom is 0.137 e. The van der Waals surface area contributed by atoms with Gasteiger partial charge in [-0.2, -0.15) is 0 Å². The van der Waals surface area contributed by atoms with Crippen LogP contribution in [0.3, 0.4) is 0 Å². The van der Waals surface area contributed by atoms with Crippen molar-refractivity contribution in [2.75, 3.05) is 44.7 Å². The van der Waals surface area contributed by atoms with Crippen LogP contribution in [0.1, 0.15) is 12.5 Å². The number of likely N-dealkylation sites (N-methyl/N-ethyl adjacent to an activating group) is 1. The van der Waals surface area contributed by atoms with E-state index in [2.05, 4.69) is 60.0 Å². The third-order valence-corrected chi connectivity index (χ3v) is 5.47. The van der Waals surface area contributed by atoms with E-state index in [-0.39, 0.29) is 24.8 Å². The molecule has 6 heteroatoms. The summed E-state index contributed by atoms with van der Waals surface area (Å²) in [5.74, 6) is 1.97. The SMILES string of the molecule is CCN1CCN(c2nc(-c3ccc(OC)cc3)cc3cc(C)ccc23)CC1.Cl.Cl. The Morgan fingerprint density at radius 1 is 0.931 bits per heavy atom. The Labute approximate surface area is 185 Å². The lowest BCUT2D eigenvalue weighted by molar-refractivity contribution is 0.271. The Morgan fingerprint density at radius 2 is 1.62 bits per heavy atom. The smallest absolute Gasteiger partial charge is 0.137 e. The van der Waals surface area contributed by atoms with Crippen molar-refractivity contribution in [2.45, 2.75) is 13.8 Å². The molecule has 0 spiro atoms. The lowest BCUT2D eigenvalue weighted by atomic mass is 10.0. The van der Waals surface area contributed by atoms with Gasteiger partial charge in [0.05, 0.1) is 12.8 Å². The third-order valence-electron chi connectivity index (χ3n) is 5.47. The van der Waals surface area contributed by atoms with Crippen LogP contribution in [0, 0.1) is 6.92 Å². The summed E-state index contributed by atoms with van der Waals surface area (Å²) in [4.78, 5) is 10.0. The zero-order valence-corrected chi connectivity index (χ0v) is 18.9. The monoisotopic (exact) mass is 433 g/mol. The fourth-order valence-electron chi connectivity index (χ4n) is 3.79. The van der Waals surface area contributed by atoms with Gasteiger partial charge in [0.1, 0.15) is 11.6 Å². The number of halogens is 2. The maximum atomic E-state index is 5.30. The van der Waals surface area contributed by atoms with Crippen LogP contribution in [0.2, 0.25) is 0 Å². The highest BCUT2D eigenvalue weighted by Crippen LogP contribution is 2.32. The molecule has 4 rings (SSSR count). The number of nitrogens with zero attached hydrogens (tertiary/aromatic N) is 3. The van der Waals surface area contributed by atoms with Crippen molar-refractivity contribution in [1.82, 2.24) is 9.88 Å². The summed E-state index contributed by atoms with van der Waals surface area (Å²) in [7, 11) is 1.69. The normalized spacial score (nSPS) is 14.2. The predicted octanol–water partition coefficient (Wildman–Crippen LogP) is 5.20. The fraction of sp³-hybridized carbons (Fsp3) is 0.348. The summed E-state index contributed by atoms with van der Waals surface area (Å²) in [6.45, 7) is 9.73. The lowest BCUT2D eigenvalue weighted by Gasteiger charge is -2.35. The van der Waals surface area contributed by atoms with E-state index in [1.54, 1.807) is 7.11 Å². The largest absolute Gasteiger partial charge is 0.497 e. The number of ether oxygens (including phenoxy) is 1. The van der Waals surface area contributed by atoms with E-state index in [9.17, 15) is 0 Å². The van der Waals surface area contributed by atoms with Crippen molar-refractivity contribution in [2.24, 2.45) is 0 Å². The summed E-state index contributed by atoms with van der Waals surface area (Å²) in [5.41, 5.74) is 3.41. The van der Waals surface area contributed by atoms with Crippen LogP contribution in [-0.2, 0) is 0 Å². The van der Waals surface area contributed by atoms with Gasteiger partial charge >= 0.3 is 0 Å². The summed E-state index contributed by atoms with van der Waals surface area (Å²) < 4.78 is 5.30. The number of aryl methyl sites for hydroxylation is 1. The molecule has 0 radical (unpaired) electrons. The van der Waals surface area contributed by atoms with Crippen molar-refractivity contribution >= 4 is 41.4 Å². The van der Waals surface area contributed by atoms with Crippen molar-refractivity contribution < 1.29 is 4.74 Å². The van der Waals surface area contributed by atoms with E-state index in [1.807, 2.05) is 12.1 Å². The first-order chi connectivity index (χ1) is 13.2. The molecule has 156 valence electrons. The molecule has 4 nitrogen and oxygen atoms in total. The molecule has 0 aliphatic carbocycles. The van der Waals surface area contributed by atoms with Gasteiger partial charge in [0.25, 0.3) is 0 Å². The van der Waals surface area contributed by atoms with E-state index in [0.29, 0.717) is 0 Å². The molecule has 0 N–H and O–H groups in total. The van der Waals surface area contributed by atoms with Crippen molar-refractivity contribution in [3.8, 4) is 17.0 Å². The second kappa shape index (κ2) is 10.1. The second-order valence-corrected chi connectivity index (χ2v) is 7.21. The van der Waals surface area contributed by atoms with Gasteiger partial charge in [-0.05, 0) is 49.2 Å². The fourth-order valence-corrected chi connectivity index (χ4v) is 3.79. The van der Waals surface area contributed by atoms with Gasteiger partial charge in [-0.1, -0.05) is 30.7 Å². The van der Waals surface area contributed by atoms with Crippen LogP contribution in [0.4, 0.5) is 5.82 Å². The molecule has 0 saturated carbocycles. The van der Waals surface area contributed by atoms with Crippen LogP contribution in [0.25, 0.3) is 22.0 Å². The van der Waals surface area contributed by atoms with Crippen LogP contribution in [-0.4, -0.2) is 49.7 Å². The number of hydrogen-bond acceptors (Lipinski definition) is 4. The molecule has 1 aromatic heterocycles. The molecule has 2 heterocycles. The Morgan fingerprint density at radius 3 is 2.24 bits per heavy atom. The third kappa shape index (κ3) is 4.95. The maximum absolute atomic E-state index is 5.30. The molecule has 1 aliphatic heterocycles. The molecular formula is C23H29Cl2N3O. The molecule has 29 heavy (non-hydrogen) atoms.